The minimum atomic E-state index is -2.59. The number of primary amides is 1. The number of nitrogens with two attached hydrogens (primary N) is 3. The lowest BCUT2D eigenvalue weighted by Gasteiger charge is -2.34. The van der Waals surface area contributed by atoms with Gasteiger partial charge in [0.2, 0.25) is 65.0 Å². The van der Waals surface area contributed by atoms with E-state index in [9.17, 15) is 68.4 Å². The summed E-state index contributed by atoms with van der Waals surface area (Å²) < 4.78 is 11.5. The maximum Gasteiger partial charge on any atom is 0.408 e. The van der Waals surface area contributed by atoms with Gasteiger partial charge in [-0.05, 0) is 95.0 Å². The Balaban J connectivity index is 2.45. The first-order chi connectivity index (χ1) is 46.3. The Hall–Kier alpha value is -8.76. The number of hydrogen-bond acceptors (Lipinski definition) is 20. The molecular weight excluding hydrogens is 1290 g/mol. The molecule has 1 aromatic carbocycles. The third-order valence-corrected chi connectivity index (χ3v) is 16.4. The van der Waals surface area contributed by atoms with Gasteiger partial charge in [0.05, 0.1) is 25.4 Å². The molecule has 0 radical (unpaired) electrons. The van der Waals surface area contributed by atoms with Crippen LogP contribution in [-0.2, 0) is 67.0 Å². The molecule has 34 nitrogen and oxygen atoms in total. The number of aliphatic hydroxyl groups excluding tert-OH is 4. The summed E-state index contributed by atoms with van der Waals surface area (Å²) in [4.78, 5) is 190. The van der Waals surface area contributed by atoms with Crippen LogP contribution in [0.2, 0.25) is 0 Å². The molecule has 34 heteroatoms. The van der Waals surface area contributed by atoms with E-state index in [1.54, 1.807) is 62.3 Å². The fourth-order valence-electron chi connectivity index (χ4n) is 10.9. The van der Waals surface area contributed by atoms with Crippen LogP contribution in [0, 0.1) is 29.6 Å². The van der Waals surface area contributed by atoms with Gasteiger partial charge in [0.25, 0.3) is 0 Å². The first-order valence-corrected chi connectivity index (χ1v) is 33.5. The summed E-state index contributed by atoms with van der Waals surface area (Å²) in [6.45, 7) is 16.6. The number of carbonyl (C=O) groups is 13. The van der Waals surface area contributed by atoms with E-state index < -0.39 is 198 Å². The van der Waals surface area contributed by atoms with Crippen molar-refractivity contribution in [2.24, 2.45) is 51.8 Å². The highest BCUT2D eigenvalue weighted by Gasteiger charge is 2.44. The summed E-state index contributed by atoms with van der Waals surface area (Å²) in [5.41, 5.74) is 15.4. The van der Waals surface area contributed by atoms with Crippen LogP contribution in [0.3, 0.4) is 0 Å². The van der Waals surface area contributed by atoms with Crippen LogP contribution in [0.5, 0.6) is 0 Å². The maximum absolute atomic E-state index is 15.7. The number of cyclic esters (lactones) is 1. The first-order valence-electron chi connectivity index (χ1n) is 33.5. The van der Waals surface area contributed by atoms with Crippen LogP contribution in [0.4, 0.5) is 4.79 Å². The number of aliphatic hydroxyl groups is 4. The van der Waals surface area contributed by atoms with Crippen molar-refractivity contribution in [1.29, 1.82) is 0 Å². The molecule has 1 aliphatic heterocycles. The number of hydrogen-bond donors (Lipinski definition) is 18. The van der Waals surface area contributed by atoms with Crippen molar-refractivity contribution < 1.29 is 92.2 Å². The number of nitrogens with zero attached hydrogens (tertiary/aromatic N) is 1. The van der Waals surface area contributed by atoms with E-state index in [1.165, 1.54) is 44.2 Å². The van der Waals surface area contributed by atoms with Gasteiger partial charge in [0, 0.05) is 6.54 Å². The molecule has 21 N–H and O–H groups in total. The zero-order chi connectivity index (χ0) is 74.8. The van der Waals surface area contributed by atoms with Crippen molar-refractivity contribution in [1.82, 2.24) is 58.5 Å². The van der Waals surface area contributed by atoms with E-state index >= 15 is 14.4 Å². The van der Waals surface area contributed by atoms with Crippen LogP contribution in [0.25, 0.3) is 0 Å². The van der Waals surface area contributed by atoms with E-state index in [1.807, 2.05) is 10.6 Å². The number of alkyl carbamates (subject to hydrolysis) is 1. The summed E-state index contributed by atoms with van der Waals surface area (Å²) in [5.74, 6) is -17.5. The lowest BCUT2D eigenvalue weighted by Crippen LogP contribution is -2.64. The summed E-state index contributed by atoms with van der Waals surface area (Å²) in [5, 5.41) is 71.4. The minimum Gasteiger partial charge on any atom is -0.453 e. The van der Waals surface area contributed by atoms with Gasteiger partial charge in [0.15, 0.2) is 24.2 Å². The van der Waals surface area contributed by atoms with Crippen LogP contribution in [0.1, 0.15) is 159 Å². The minimum absolute atomic E-state index is 0.0341. The van der Waals surface area contributed by atoms with Crippen molar-refractivity contribution in [2.75, 3.05) is 19.7 Å². The smallest absolute Gasteiger partial charge is 0.408 e. The standard InChI is InChI=1S/C65H107N15O19/c1-13-34(8)44-58(92)78-45(35(9)82)57(91)70-29-43(83)76-47(50(85)52(66)86)60(94)74-42(30-81)62(96)98-51(37-22-15-14-16-23-37)48(80-56(90)41(28-36-20-17-18-21-36)72-55(89)40(27-32(4)5)75-64(97)99-65(10,11)12)61(95)79-46(49(84)33(6)7)59(93)73-39(26-31(2)3)54(88)71-38(53(87)77-44)24-19-25-69-63(67)68/h14-16,22-23,31-36,38-42,44-51,81-82,84-85H,13,17-21,24-30H2,1-12H3,(H2,66,86)(H,70,91)(H,71,88)(H,72,89)(H,73,93)(H,74,94)(H,75,97)(H,76,83)(H,77,87)(H,78,92)(H,79,95)(H,80,90)(H4,67,68,69)/t34-,35-,38+,39-,40+,41-,42-,44-,45-,46-,47-,48-,49+,50-,51+/m0/s1. The molecule has 12 amide bonds. The topological polar surface area (TPSA) is 544 Å². The van der Waals surface area contributed by atoms with Gasteiger partial charge in [-0.3, -0.25) is 57.7 Å². The second kappa shape index (κ2) is 40.3. The van der Waals surface area contributed by atoms with Crippen molar-refractivity contribution in [2.45, 2.75) is 238 Å². The summed E-state index contributed by atoms with van der Waals surface area (Å²) >= 11 is 0. The number of benzene rings is 1. The second-order valence-electron chi connectivity index (χ2n) is 27.4. The normalized spacial score (nSPS) is 24.6. The van der Waals surface area contributed by atoms with Gasteiger partial charge < -0.3 is 106 Å². The molecule has 0 bridgehead atoms. The Morgan fingerprint density at radius 2 is 1.22 bits per heavy atom. The zero-order valence-corrected chi connectivity index (χ0v) is 58.6. The molecule has 3 rings (SSSR count). The van der Waals surface area contributed by atoms with Gasteiger partial charge in [0.1, 0.15) is 60.0 Å². The van der Waals surface area contributed by atoms with Crippen molar-refractivity contribution >= 4 is 83.0 Å². The highest BCUT2D eigenvalue weighted by molar-refractivity contribution is 6.00. The Morgan fingerprint density at radius 1 is 0.657 bits per heavy atom. The molecule has 15 atom stereocenters. The molecule has 1 saturated carbocycles. The quantitative estimate of drug-likeness (QED) is 0.0208. The monoisotopic (exact) mass is 1400 g/mol. The van der Waals surface area contributed by atoms with Gasteiger partial charge in [-0.25, -0.2) is 9.59 Å². The molecule has 0 spiro atoms. The molecule has 1 heterocycles. The van der Waals surface area contributed by atoms with Gasteiger partial charge in [-0.2, -0.15) is 0 Å². The number of nitrogens with one attached hydrogen (secondary N) is 11. The number of ether oxygens (including phenoxy) is 2. The number of guanidine groups is 1. The number of carbonyl (C=O) groups excluding carboxylic acids is 13. The highest BCUT2D eigenvalue weighted by Crippen LogP contribution is 2.30. The number of aliphatic imine (C=N–C) groups is 1. The van der Waals surface area contributed by atoms with Crippen LogP contribution < -0.4 is 75.7 Å². The van der Waals surface area contributed by atoms with Gasteiger partial charge in [-0.1, -0.05) is 118 Å². The van der Waals surface area contributed by atoms with Crippen LogP contribution in [0.15, 0.2) is 35.3 Å². The fraction of sp³-hybridized carbons (Fsp3) is 0.692. The fourth-order valence-corrected chi connectivity index (χ4v) is 10.9. The second-order valence-corrected chi connectivity index (χ2v) is 27.4. The van der Waals surface area contributed by atoms with E-state index in [4.69, 9.17) is 26.7 Å². The Labute approximate surface area is 576 Å². The Morgan fingerprint density at radius 3 is 1.77 bits per heavy atom. The van der Waals surface area contributed by atoms with E-state index in [0.29, 0.717) is 12.8 Å². The highest BCUT2D eigenvalue weighted by atomic mass is 16.6. The predicted molar refractivity (Wildman–Crippen MR) is 358 cm³/mol. The molecular formula is C65H107N15O19. The molecule has 0 unspecified atom stereocenters. The maximum atomic E-state index is 15.7. The van der Waals surface area contributed by atoms with Crippen LogP contribution in [-0.4, -0.2) is 207 Å². The largest absolute Gasteiger partial charge is 0.453 e. The van der Waals surface area contributed by atoms with Gasteiger partial charge in [-0.15, -0.1) is 0 Å². The molecule has 2 aliphatic rings. The molecule has 0 aromatic heterocycles. The average molecular weight is 1400 g/mol. The molecule has 1 aliphatic carbocycles. The summed E-state index contributed by atoms with van der Waals surface area (Å²) in [7, 11) is 0. The van der Waals surface area contributed by atoms with Gasteiger partial charge >= 0.3 is 12.1 Å². The number of rotatable bonds is 24. The first kappa shape index (κ1) is 84.5. The average Bonchev–Trinajstić information content (AvgIpc) is 1.83. The molecule has 2 fully saturated rings. The predicted octanol–water partition coefficient (Wildman–Crippen LogP) is -3.33. The van der Waals surface area contributed by atoms with E-state index in [2.05, 4.69) is 52.8 Å². The Bertz CT molecular complexity index is 2960. The summed E-state index contributed by atoms with van der Waals surface area (Å²) in [6, 6.07) is -11.2. The van der Waals surface area contributed by atoms with Crippen molar-refractivity contribution in [3.8, 4) is 0 Å². The number of amides is 12. The lowest BCUT2D eigenvalue weighted by molar-refractivity contribution is -0.159. The van der Waals surface area contributed by atoms with Crippen molar-refractivity contribution in [3.63, 3.8) is 0 Å². The molecule has 556 valence electrons. The number of esters is 1. The third kappa shape index (κ3) is 28.2. The van der Waals surface area contributed by atoms with Crippen LogP contribution >= 0.6 is 0 Å². The molecule has 1 saturated heterocycles. The SMILES string of the molecule is CC[C@H](C)[C@@H]1NC(=O)[C@@H](CCCN=C(N)N)NC(=O)[C@H](CC(C)C)NC(=O)[C@H]([C@H](O)C(C)C)NC(=O)[C@@H](NC(=O)[C@H](CC2CCCC2)NC(=O)[C@@H](CC(C)C)NC(=O)OC(C)(C)C)[C@@H](c2ccccc2)OC(=O)[C@H](CO)NC(=O)[C@H]([C@H](O)C(N)=O)NC(=O)CNC(=O)[C@H]([C@H](C)O)NC1=O. The molecule has 1 aromatic rings. The zero-order valence-electron chi connectivity index (χ0n) is 58.6. The third-order valence-electron chi connectivity index (χ3n) is 16.4. The van der Waals surface area contributed by atoms with E-state index in [-0.39, 0.29) is 68.4 Å². The molecule has 99 heavy (non-hydrogen) atoms. The summed E-state index contributed by atoms with van der Waals surface area (Å²) in [6.07, 6.45) is -6.54. The van der Waals surface area contributed by atoms with Crippen molar-refractivity contribution in [3.05, 3.63) is 35.9 Å². The van der Waals surface area contributed by atoms with E-state index in [0.717, 1.165) is 19.8 Å². The Kier molecular flexibility index (Phi) is 34.4. The lowest BCUT2D eigenvalue weighted by atomic mass is 9.94.